The lowest BCUT2D eigenvalue weighted by molar-refractivity contribution is 0.0955. The fraction of sp³-hybridized carbons (Fsp3) is 0.227. The number of hydrogen-bond donors (Lipinski definition) is 1. The van der Waals surface area contributed by atoms with Gasteiger partial charge in [-0.3, -0.25) is 4.79 Å². The van der Waals surface area contributed by atoms with Crippen molar-refractivity contribution in [2.45, 2.75) is 6.42 Å². The Morgan fingerprint density at radius 3 is 2.67 bits per heavy atom. The van der Waals surface area contributed by atoms with Crippen LogP contribution < -0.4 is 19.5 Å². The molecule has 2 rings (SSSR count). The number of allylic oxidation sites excluding steroid dienone is 1. The van der Waals surface area contributed by atoms with Crippen LogP contribution in [-0.2, 0) is 6.42 Å². The van der Waals surface area contributed by atoms with Crippen LogP contribution in [0.3, 0.4) is 0 Å². The number of carbonyl (C=O) groups is 1. The summed E-state index contributed by atoms with van der Waals surface area (Å²) in [5.41, 5.74) is 1.49. The molecule has 0 aromatic heterocycles. The van der Waals surface area contributed by atoms with Crippen LogP contribution in [0.1, 0.15) is 15.9 Å². The minimum Gasteiger partial charge on any atom is -0.497 e. The first-order chi connectivity index (χ1) is 13.2. The monoisotopic (exact) mass is 365 g/mol. The lowest BCUT2D eigenvalue weighted by Crippen LogP contribution is -2.24. The Morgan fingerprint density at radius 1 is 1.11 bits per heavy atom. The minimum atomic E-state index is -0.263. The van der Waals surface area contributed by atoms with Gasteiger partial charge in [-0.15, -0.1) is 6.58 Å². The summed E-state index contributed by atoms with van der Waals surface area (Å²) in [6.07, 6.45) is 2.57. The molecule has 0 aliphatic rings. The summed E-state index contributed by atoms with van der Waals surface area (Å²) in [7, 11) is 3.06. The van der Waals surface area contributed by atoms with Gasteiger partial charge in [-0.2, -0.15) is 0 Å². The molecular weight excluding hydrogens is 342 g/mol. The third-order valence-electron chi connectivity index (χ3n) is 3.75. The van der Waals surface area contributed by atoms with Crippen LogP contribution in [0.25, 0.3) is 0 Å². The van der Waals surface area contributed by atoms with E-state index in [0.717, 1.165) is 17.7 Å². The number of methoxy groups -OCH3 is 2. The van der Waals surface area contributed by atoms with E-state index in [-0.39, 0.29) is 19.1 Å². The summed E-state index contributed by atoms with van der Waals surface area (Å²) in [5, 5.41) is 2.74. The molecule has 27 heavy (non-hydrogen) atoms. The van der Waals surface area contributed by atoms with Crippen LogP contribution in [0, 0.1) is 11.8 Å². The summed E-state index contributed by atoms with van der Waals surface area (Å²) in [4.78, 5) is 12.3. The van der Waals surface area contributed by atoms with Crippen molar-refractivity contribution in [3.05, 3.63) is 66.2 Å². The molecule has 0 heterocycles. The van der Waals surface area contributed by atoms with Gasteiger partial charge < -0.3 is 19.5 Å². The minimum absolute atomic E-state index is 0.214. The highest BCUT2D eigenvalue weighted by molar-refractivity contribution is 5.97. The largest absolute Gasteiger partial charge is 0.497 e. The van der Waals surface area contributed by atoms with Gasteiger partial charge in [0.2, 0.25) is 0 Å². The lowest BCUT2D eigenvalue weighted by Gasteiger charge is -2.09. The SMILES string of the molecule is C=CCc1ccccc1OCC#CCNC(=O)c1ccc(OC)cc1OC. The maximum atomic E-state index is 12.3. The average molecular weight is 365 g/mol. The average Bonchev–Trinajstić information content (AvgIpc) is 2.71. The van der Waals surface area contributed by atoms with Gasteiger partial charge in [-0.1, -0.05) is 36.1 Å². The van der Waals surface area contributed by atoms with E-state index in [1.807, 2.05) is 30.3 Å². The zero-order valence-corrected chi connectivity index (χ0v) is 15.6. The van der Waals surface area contributed by atoms with E-state index < -0.39 is 0 Å². The second-order valence-corrected chi connectivity index (χ2v) is 5.49. The van der Waals surface area contributed by atoms with Crippen LogP contribution in [0.15, 0.2) is 55.1 Å². The molecule has 0 fully saturated rings. The number of para-hydroxylation sites is 1. The van der Waals surface area contributed by atoms with Crippen LogP contribution in [0.4, 0.5) is 0 Å². The molecular formula is C22H23NO4. The maximum Gasteiger partial charge on any atom is 0.255 e. The molecule has 0 aliphatic heterocycles. The Balaban J connectivity index is 1.85. The van der Waals surface area contributed by atoms with Crippen LogP contribution >= 0.6 is 0 Å². The molecule has 1 N–H and O–H groups in total. The first-order valence-electron chi connectivity index (χ1n) is 8.47. The van der Waals surface area contributed by atoms with E-state index in [1.165, 1.54) is 7.11 Å². The highest BCUT2D eigenvalue weighted by Crippen LogP contribution is 2.24. The zero-order chi connectivity index (χ0) is 19.5. The topological polar surface area (TPSA) is 56.8 Å². The highest BCUT2D eigenvalue weighted by Gasteiger charge is 2.12. The second kappa shape index (κ2) is 10.6. The third kappa shape index (κ3) is 5.82. The Morgan fingerprint density at radius 2 is 1.93 bits per heavy atom. The van der Waals surface area contributed by atoms with E-state index in [0.29, 0.717) is 17.1 Å². The normalized spacial score (nSPS) is 9.56. The van der Waals surface area contributed by atoms with Gasteiger partial charge in [-0.05, 0) is 30.2 Å². The molecule has 0 spiro atoms. The van der Waals surface area contributed by atoms with Crippen molar-refractivity contribution in [3.63, 3.8) is 0 Å². The molecule has 0 saturated carbocycles. The molecule has 0 bridgehead atoms. The number of ether oxygens (including phenoxy) is 3. The quantitative estimate of drug-likeness (QED) is 0.576. The number of rotatable bonds is 8. The lowest BCUT2D eigenvalue weighted by atomic mass is 10.1. The maximum absolute atomic E-state index is 12.3. The number of nitrogens with one attached hydrogen (secondary N) is 1. The third-order valence-corrected chi connectivity index (χ3v) is 3.75. The number of amides is 1. The van der Waals surface area contributed by atoms with Gasteiger partial charge in [0.25, 0.3) is 5.91 Å². The van der Waals surface area contributed by atoms with Crippen molar-refractivity contribution in [1.82, 2.24) is 5.32 Å². The Kier molecular flexibility index (Phi) is 7.80. The van der Waals surface area contributed by atoms with Crippen LogP contribution in [0.2, 0.25) is 0 Å². The van der Waals surface area contributed by atoms with Gasteiger partial charge >= 0.3 is 0 Å². The van der Waals surface area contributed by atoms with Gasteiger partial charge in [0.05, 0.1) is 26.3 Å². The number of hydrogen-bond acceptors (Lipinski definition) is 4. The van der Waals surface area contributed by atoms with Crippen molar-refractivity contribution in [2.75, 3.05) is 27.4 Å². The fourth-order valence-electron chi connectivity index (χ4n) is 2.40. The van der Waals surface area contributed by atoms with Crippen molar-refractivity contribution in [1.29, 1.82) is 0 Å². The smallest absolute Gasteiger partial charge is 0.255 e. The van der Waals surface area contributed by atoms with E-state index in [9.17, 15) is 4.79 Å². The zero-order valence-electron chi connectivity index (χ0n) is 15.6. The summed E-state index contributed by atoms with van der Waals surface area (Å²) in [5.74, 6) is 7.36. The predicted molar refractivity (Wildman–Crippen MR) is 105 cm³/mol. The first-order valence-corrected chi connectivity index (χ1v) is 8.47. The van der Waals surface area contributed by atoms with Crippen molar-refractivity contribution in [3.8, 4) is 29.1 Å². The van der Waals surface area contributed by atoms with Crippen molar-refractivity contribution < 1.29 is 19.0 Å². The number of benzene rings is 2. The highest BCUT2D eigenvalue weighted by atomic mass is 16.5. The summed E-state index contributed by atoms with van der Waals surface area (Å²) < 4.78 is 16.0. The molecule has 0 radical (unpaired) electrons. The molecule has 2 aromatic carbocycles. The van der Waals surface area contributed by atoms with E-state index in [4.69, 9.17) is 14.2 Å². The van der Waals surface area contributed by atoms with Gasteiger partial charge in [0.1, 0.15) is 23.9 Å². The summed E-state index contributed by atoms with van der Waals surface area (Å²) in [6, 6.07) is 12.8. The van der Waals surface area contributed by atoms with E-state index in [2.05, 4.69) is 23.7 Å². The van der Waals surface area contributed by atoms with E-state index >= 15 is 0 Å². The van der Waals surface area contributed by atoms with E-state index in [1.54, 1.807) is 25.3 Å². The first kappa shape index (κ1) is 19.9. The molecule has 5 heteroatoms. The van der Waals surface area contributed by atoms with Gasteiger partial charge in [-0.25, -0.2) is 0 Å². The Labute approximate surface area is 159 Å². The van der Waals surface area contributed by atoms with Crippen LogP contribution in [-0.4, -0.2) is 33.3 Å². The molecule has 2 aromatic rings. The fourth-order valence-corrected chi connectivity index (χ4v) is 2.40. The van der Waals surface area contributed by atoms with Crippen molar-refractivity contribution in [2.24, 2.45) is 0 Å². The van der Waals surface area contributed by atoms with Crippen LogP contribution in [0.5, 0.6) is 17.2 Å². The van der Waals surface area contributed by atoms with Gasteiger partial charge in [0.15, 0.2) is 0 Å². The molecule has 0 unspecified atom stereocenters. The molecule has 0 atom stereocenters. The van der Waals surface area contributed by atoms with Gasteiger partial charge in [0, 0.05) is 6.07 Å². The standard InChI is InChI=1S/C22H23NO4/c1-4-9-17-10-5-6-11-20(17)27-15-8-7-14-23-22(24)19-13-12-18(25-2)16-21(19)26-3/h4-6,10-13,16H,1,9,14-15H2,2-3H3,(H,23,24). The molecule has 0 saturated heterocycles. The Bertz CT molecular complexity index is 849. The van der Waals surface area contributed by atoms with Crippen molar-refractivity contribution >= 4 is 5.91 Å². The molecule has 0 aliphatic carbocycles. The molecule has 140 valence electrons. The molecule has 1 amide bonds. The predicted octanol–water partition coefficient (Wildman–Crippen LogP) is 3.24. The Hall–Kier alpha value is -3.39. The number of carbonyl (C=O) groups excluding carboxylic acids is 1. The summed E-state index contributed by atoms with van der Waals surface area (Å²) >= 11 is 0. The molecule has 5 nitrogen and oxygen atoms in total. The second-order valence-electron chi connectivity index (χ2n) is 5.49. The summed E-state index contributed by atoms with van der Waals surface area (Å²) in [6.45, 7) is 4.20.